The van der Waals surface area contributed by atoms with Crippen molar-refractivity contribution >= 4 is 28.4 Å². The molecule has 162 valence electrons. The van der Waals surface area contributed by atoms with Gasteiger partial charge in [0.25, 0.3) is 5.56 Å². The van der Waals surface area contributed by atoms with Crippen molar-refractivity contribution in [3.05, 3.63) is 88.8 Å². The summed E-state index contributed by atoms with van der Waals surface area (Å²) in [5, 5.41) is 4.11. The first-order valence-electron chi connectivity index (χ1n) is 10.9. The van der Waals surface area contributed by atoms with Crippen molar-refractivity contribution in [1.29, 1.82) is 0 Å². The summed E-state index contributed by atoms with van der Waals surface area (Å²) >= 11 is 0. The summed E-state index contributed by atoms with van der Waals surface area (Å²) in [5.74, 6) is 0.470. The van der Waals surface area contributed by atoms with Crippen LogP contribution in [-0.4, -0.2) is 52.7 Å². The maximum Gasteiger partial charge on any atom is 0.252 e. The Hall–Kier alpha value is -3.71. The van der Waals surface area contributed by atoms with Gasteiger partial charge in [-0.3, -0.25) is 9.36 Å². The van der Waals surface area contributed by atoms with Crippen molar-refractivity contribution in [2.24, 2.45) is 0 Å². The highest BCUT2D eigenvalue weighted by Gasteiger charge is 2.14. The summed E-state index contributed by atoms with van der Waals surface area (Å²) in [6.07, 6.45) is 1.75. The van der Waals surface area contributed by atoms with Crippen molar-refractivity contribution in [3.63, 3.8) is 0 Å². The predicted octanol–water partition coefficient (Wildman–Crippen LogP) is 3.34. The van der Waals surface area contributed by atoms with E-state index < -0.39 is 0 Å². The van der Waals surface area contributed by atoms with Crippen LogP contribution in [0.4, 0.5) is 17.3 Å². The monoisotopic (exact) mass is 426 g/mol. The normalized spacial score (nSPS) is 14.6. The molecule has 1 aliphatic rings. The van der Waals surface area contributed by atoms with Crippen LogP contribution in [0.1, 0.15) is 5.56 Å². The van der Waals surface area contributed by atoms with Crippen molar-refractivity contribution in [1.82, 2.24) is 19.4 Å². The number of likely N-dealkylation sites (N-methyl/N-ethyl adjacent to an activating group) is 1. The second-order valence-corrected chi connectivity index (χ2v) is 8.18. The molecule has 2 aromatic heterocycles. The fourth-order valence-corrected chi connectivity index (χ4v) is 4.00. The first-order chi connectivity index (χ1) is 15.7. The van der Waals surface area contributed by atoms with Gasteiger partial charge in [-0.1, -0.05) is 30.3 Å². The number of fused-ring (bicyclic) bond motifs is 1. The molecule has 0 unspecified atom stereocenters. The molecule has 7 heteroatoms. The molecule has 7 nitrogen and oxygen atoms in total. The van der Waals surface area contributed by atoms with Crippen LogP contribution >= 0.6 is 0 Å². The van der Waals surface area contributed by atoms with E-state index in [4.69, 9.17) is 0 Å². The maximum atomic E-state index is 12.6. The molecule has 0 radical (unpaired) electrons. The van der Waals surface area contributed by atoms with E-state index in [0.717, 1.165) is 42.8 Å². The molecule has 1 N–H and O–H groups in total. The molecular formula is C25H26N6O. The highest BCUT2D eigenvalue weighted by molar-refractivity contribution is 5.76. The summed E-state index contributed by atoms with van der Waals surface area (Å²) in [7, 11) is 2.16. The Kier molecular flexibility index (Phi) is 5.56. The Labute approximate surface area is 187 Å². The van der Waals surface area contributed by atoms with Gasteiger partial charge in [-0.15, -0.1) is 0 Å². The highest BCUT2D eigenvalue weighted by Crippen LogP contribution is 2.22. The number of piperazine rings is 1. The number of nitrogens with zero attached hydrogens (tertiary/aromatic N) is 5. The van der Waals surface area contributed by atoms with E-state index in [0.29, 0.717) is 18.1 Å². The minimum absolute atomic E-state index is 0.0810. The number of rotatable bonds is 5. The molecule has 0 atom stereocenters. The zero-order valence-corrected chi connectivity index (χ0v) is 18.1. The van der Waals surface area contributed by atoms with Gasteiger partial charge in [-0.05, 0) is 42.9 Å². The van der Waals surface area contributed by atoms with E-state index in [1.165, 1.54) is 5.69 Å². The quantitative estimate of drug-likeness (QED) is 0.528. The molecule has 2 aromatic carbocycles. The molecule has 0 bridgehead atoms. The lowest BCUT2D eigenvalue weighted by molar-refractivity contribution is 0.313. The highest BCUT2D eigenvalue weighted by atomic mass is 16.1. The topological polar surface area (TPSA) is 66.3 Å². The molecule has 5 rings (SSSR count). The zero-order chi connectivity index (χ0) is 21.9. The van der Waals surface area contributed by atoms with Crippen LogP contribution in [0.3, 0.4) is 0 Å². The van der Waals surface area contributed by atoms with Gasteiger partial charge in [0.15, 0.2) is 0 Å². The first-order valence-corrected chi connectivity index (χ1v) is 10.9. The molecular weight excluding hydrogens is 400 g/mol. The summed E-state index contributed by atoms with van der Waals surface area (Å²) in [6, 6.07) is 21.6. The van der Waals surface area contributed by atoms with Crippen molar-refractivity contribution in [2.45, 2.75) is 6.54 Å². The third-order valence-electron chi connectivity index (χ3n) is 5.90. The molecule has 1 aliphatic heterocycles. The molecule has 32 heavy (non-hydrogen) atoms. The van der Waals surface area contributed by atoms with E-state index in [9.17, 15) is 4.79 Å². The molecule has 0 spiro atoms. The minimum Gasteiger partial charge on any atom is -0.369 e. The lowest BCUT2D eigenvalue weighted by Crippen LogP contribution is -2.44. The van der Waals surface area contributed by atoms with E-state index in [2.05, 4.69) is 44.3 Å². The molecule has 0 aliphatic carbocycles. The molecule has 1 fully saturated rings. The molecule has 4 aromatic rings. The zero-order valence-electron chi connectivity index (χ0n) is 18.1. The molecule has 1 saturated heterocycles. The van der Waals surface area contributed by atoms with E-state index >= 15 is 0 Å². The van der Waals surface area contributed by atoms with Gasteiger partial charge in [0.1, 0.15) is 5.65 Å². The SMILES string of the molecule is CN1CCN(c2ccc(Nc3ncc4ccc(=O)n(Cc5ccccc5)c4n3)cc2)CC1. The van der Waals surface area contributed by atoms with Crippen LogP contribution in [0.25, 0.3) is 11.0 Å². The summed E-state index contributed by atoms with van der Waals surface area (Å²) in [6.45, 7) is 4.70. The molecule has 0 saturated carbocycles. The Morgan fingerprint density at radius 3 is 2.41 bits per heavy atom. The van der Waals surface area contributed by atoms with Gasteiger partial charge in [0.2, 0.25) is 5.95 Å². The largest absolute Gasteiger partial charge is 0.369 e. The lowest BCUT2D eigenvalue weighted by Gasteiger charge is -2.34. The number of hydrogen-bond donors (Lipinski definition) is 1. The van der Waals surface area contributed by atoms with Crippen molar-refractivity contribution in [2.75, 3.05) is 43.4 Å². The van der Waals surface area contributed by atoms with Gasteiger partial charge in [-0.25, -0.2) is 4.98 Å². The summed E-state index contributed by atoms with van der Waals surface area (Å²) in [5.41, 5.74) is 3.72. The molecule has 0 amide bonds. The van der Waals surface area contributed by atoms with Crippen LogP contribution in [0, 0.1) is 0 Å². The van der Waals surface area contributed by atoms with Gasteiger partial charge in [-0.2, -0.15) is 4.98 Å². The Bertz CT molecular complexity index is 1260. The number of hydrogen-bond acceptors (Lipinski definition) is 6. The van der Waals surface area contributed by atoms with Crippen LogP contribution < -0.4 is 15.8 Å². The summed E-state index contributed by atoms with van der Waals surface area (Å²) < 4.78 is 1.69. The van der Waals surface area contributed by atoms with E-state index in [-0.39, 0.29) is 5.56 Å². The maximum absolute atomic E-state index is 12.6. The van der Waals surface area contributed by atoms with Crippen LogP contribution in [0.15, 0.2) is 77.7 Å². The number of nitrogens with one attached hydrogen (secondary N) is 1. The van der Waals surface area contributed by atoms with E-state index in [1.54, 1.807) is 22.9 Å². The second kappa shape index (κ2) is 8.80. The molecule has 3 heterocycles. The van der Waals surface area contributed by atoms with E-state index in [1.807, 2.05) is 42.5 Å². The average molecular weight is 427 g/mol. The third-order valence-corrected chi connectivity index (χ3v) is 5.90. The van der Waals surface area contributed by atoms with Crippen molar-refractivity contribution in [3.8, 4) is 0 Å². The van der Waals surface area contributed by atoms with Crippen LogP contribution in [0.5, 0.6) is 0 Å². The second-order valence-electron chi connectivity index (χ2n) is 8.18. The number of benzene rings is 2. The lowest BCUT2D eigenvalue weighted by atomic mass is 10.2. The number of aromatic nitrogens is 3. The summed E-state index contributed by atoms with van der Waals surface area (Å²) in [4.78, 5) is 26.5. The Balaban J connectivity index is 1.39. The van der Waals surface area contributed by atoms with Gasteiger partial charge < -0.3 is 15.1 Å². The first kappa shape index (κ1) is 20.2. The minimum atomic E-state index is -0.0810. The van der Waals surface area contributed by atoms with Gasteiger partial charge in [0.05, 0.1) is 6.54 Å². The average Bonchev–Trinajstić information content (AvgIpc) is 2.83. The predicted molar refractivity (Wildman–Crippen MR) is 129 cm³/mol. The van der Waals surface area contributed by atoms with Gasteiger partial charge >= 0.3 is 0 Å². The number of pyridine rings is 1. The smallest absolute Gasteiger partial charge is 0.252 e. The standard InChI is InChI=1S/C25H26N6O/c1-29-13-15-30(16-14-29)22-10-8-21(9-11-22)27-25-26-17-20-7-12-23(32)31(24(20)28-25)18-19-5-3-2-4-6-19/h2-12,17H,13-16,18H2,1H3,(H,26,27,28). The fraction of sp³-hybridized carbons (Fsp3) is 0.240. The van der Waals surface area contributed by atoms with Crippen LogP contribution in [-0.2, 0) is 6.54 Å². The number of anilines is 3. The fourth-order valence-electron chi connectivity index (χ4n) is 4.00. The Morgan fingerprint density at radius 2 is 1.66 bits per heavy atom. The van der Waals surface area contributed by atoms with Crippen LogP contribution in [0.2, 0.25) is 0 Å². The van der Waals surface area contributed by atoms with Gasteiger partial charge in [0, 0.05) is 55.2 Å². The van der Waals surface area contributed by atoms with Crippen molar-refractivity contribution < 1.29 is 0 Å². The third kappa shape index (κ3) is 4.33. The Morgan fingerprint density at radius 1 is 0.906 bits per heavy atom.